The van der Waals surface area contributed by atoms with Crippen LogP contribution in [0.2, 0.25) is 0 Å². The number of aliphatic hydroxyl groups is 13. The van der Waals surface area contributed by atoms with E-state index in [-0.39, 0.29) is 12.3 Å². The van der Waals surface area contributed by atoms with Crippen molar-refractivity contribution in [1.82, 2.24) is 10.6 Å². The van der Waals surface area contributed by atoms with Crippen molar-refractivity contribution in [2.45, 2.75) is 323 Å². The summed E-state index contributed by atoms with van der Waals surface area (Å²) in [6.07, 6.45) is -3.17. The van der Waals surface area contributed by atoms with Crippen LogP contribution in [0.3, 0.4) is 0 Å². The molecule has 0 bridgehead atoms. The number of unbranched alkanes of at least 4 members (excludes halogenated alkanes) is 23. The fourth-order valence-corrected chi connectivity index (χ4v) is 11.4. The number of nitrogens with one attached hydrogen (secondary N) is 2. The van der Waals surface area contributed by atoms with Gasteiger partial charge in [0.2, 0.25) is 11.8 Å². The number of allylic oxidation sites excluding steroid dienone is 1. The van der Waals surface area contributed by atoms with Crippen LogP contribution in [-0.4, -0.2) is 246 Å². The van der Waals surface area contributed by atoms with Gasteiger partial charge in [-0.3, -0.25) is 9.59 Å². The maximum Gasteiger partial charge on any atom is 0.220 e. The molecule has 0 spiro atoms. The maximum absolute atomic E-state index is 13.4. The minimum absolute atomic E-state index is 0.210. The number of amides is 2. The smallest absolute Gasteiger partial charge is 0.220 e. The topological polar surface area (TPSA) is 395 Å². The lowest BCUT2D eigenvalue weighted by atomic mass is 9.94. The molecule has 0 aromatic carbocycles. The zero-order valence-electron chi connectivity index (χ0n) is 50.7. The number of ether oxygens (including phenoxy) is 8. The lowest BCUT2D eigenvalue weighted by molar-refractivity contribution is -0.381. The summed E-state index contributed by atoms with van der Waals surface area (Å²) in [5, 5.41) is 147. The van der Waals surface area contributed by atoms with Crippen molar-refractivity contribution in [3.8, 4) is 0 Å². The Morgan fingerprint density at radius 2 is 0.871 bits per heavy atom. The molecule has 4 aliphatic heterocycles. The van der Waals surface area contributed by atoms with E-state index in [1.165, 1.54) is 103 Å². The number of hydrogen-bond acceptors (Lipinski definition) is 23. The summed E-state index contributed by atoms with van der Waals surface area (Å²) in [5.74, 6) is -1.09. The first-order valence-corrected chi connectivity index (χ1v) is 31.9. The molecule has 4 rings (SSSR count). The Balaban J connectivity index is 1.40. The molecule has 4 heterocycles. The minimum atomic E-state index is -2.10. The summed E-state index contributed by atoms with van der Waals surface area (Å²) in [6, 6.07) is -2.67. The van der Waals surface area contributed by atoms with Gasteiger partial charge in [-0.25, -0.2) is 0 Å². The van der Waals surface area contributed by atoms with Gasteiger partial charge in [0.25, 0.3) is 0 Å². The standard InChI is InChI=1S/C60H110N2O23/c1-4-6-8-10-12-14-16-18-20-22-24-26-28-30-39(68)38(62-44(69)31-29-27-25-23-21-19-17-15-13-11-9-7-5-2)36-78-58-52(76)50(74)54(43(35-66)82-58)83-60-53(77)56(48(72)42(34-65)81-60)85-57-45(61-37(3)67)55(47(71)41(33-64)79-57)84-59-51(75)49(73)46(70)40(32-63)80-59/h28,30,38-43,45-60,63-66,68,70-77H,4-27,29,31-36H2,1-3H3,(H,61,67)(H,62,69)/b30-28+/t38-,39+,40?,41?,42-,43?,45?,46-,47+,48-,49-,50+,51+,52+,53?,54+,55+,56?,57-,58+,59-,60-/m0/s1. The van der Waals surface area contributed by atoms with Crippen LogP contribution in [0.1, 0.15) is 188 Å². The summed E-state index contributed by atoms with van der Waals surface area (Å²) in [4.78, 5) is 26.0. The quantitative estimate of drug-likeness (QED) is 0.0299. The Morgan fingerprint density at radius 1 is 0.459 bits per heavy atom. The second-order valence-corrected chi connectivity index (χ2v) is 23.6. The fourth-order valence-electron chi connectivity index (χ4n) is 11.4. The summed E-state index contributed by atoms with van der Waals surface area (Å²) in [5.41, 5.74) is 0. The number of carbonyl (C=O) groups is 2. The van der Waals surface area contributed by atoms with Crippen LogP contribution in [0.4, 0.5) is 0 Å². The van der Waals surface area contributed by atoms with Gasteiger partial charge in [0, 0.05) is 13.3 Å². The Kier molecular flexibility index (Phi) is 37.2. The van der Waals surface area contributed by atoms with E-state index in [1.807, 2.05) is 6.08 Å². The van der Waals surface area contributed by atoms with Gasteiger partial charge < -0.3 is 115 Å². The van der Waals surface area contributed by atoms with E-state index in [0.717, 1.165) is 51.9 Å². The Morgan fingerprint density at radius 3 is 1.38 bits per heavy atom. The highest BCUT2D eigenvalue weighted by atomic mass is 16.8. The van der Waals surface area contributed by atoms with E-state index >= 15 is 0 Å². The highest BCUT2D eigenvalue weighted by Gasteiger charge is 2.56. The van der Waals surface area contributed by atoms with Gasteiger partial charge in [-0.2, -0.15) is 0 Å². The summed E-state index contributed by atoms with van der Waals surface area (Å²) < 4.78 is 46.7. The molecule has 85 heavy (non-hydrogen) atoms. The van der Waals surface area contributed by atoms with Crippen molar-refractivity contribution in [3.05, 3.63) is 12.2 Å². The third-order valence-corrected chi connectivity index (χ3v) is 16.6. The predicted molar refractivity (Wildman–Crippen MR) is 308 cm³/mol. The molecule has 2 amide bonds. The zero-order valence-corrected chi connectivity index (χ0v) is 50.7. The Bertz CT molecular complexity index is 1790. The minimum Gasteiger partial charge on any atom is -0.394 e. The maximum atomic E-state index is 13.4. The van der Waals surface area contributed by atoms with Crippen molar-refractivity contribution in [2.75, 3.05) is 33.0 Å². The number of carbonyl (C=O) groups excluding carboxylic acids is 2. The molecule has 6 unspecified atom stereocenters. The lowest BCUT2D eigenvalue weighted by Crippen LogP contribution is -2.70. The molecule has 4 aliphatic rings. The van der Waals surface area contributed by atoms with Crippen LogP contribution in [0.5, 0.6) is 0 Å². The molecule has 25 nitrogen and oxygen atoms in total. The molecular weight excluding hydrogens is 1120 g/mol. The van der Waals surface area contributed by atoms with Crippen molar-refractivity contribution >= 4 is 11.8 Å². The van der Waals surface area contributed by atoms with Crippen LogP contribution in [0.15, 0.2) is 12.2 Å². The summed E-state index contributed by atoms with van der Waals surface area (Å²) >= 11 is 0. The van der Waals surface area contributed by atoms with Crippen LogP contribution in [0.25, 0.3) is 0 Å². The SMILES string of the molecule is CCCCCCCCCCCCC/C=C/[C@@H](O)[C@H](CO[C@@H]1OC(CO)[C@@H](O[C@@H]2O[C@@H](CO)[C@H](O)C(O[C@@H]3OC(CO)[C@@H](O)[C@H](O[C@@H]4OC(CO)[C@H](O)[C@H](O)[C@H]4O)C3NC(C)=O)C2O)[C@H](O)[C@H]1O)NC(=O)CCCCCCCCCCCCCCC. The molecule has 15 N–H and O–H groups in total. The molecule has 0 aliphatic carbocycles. The molecule has 22 atom stereocenters. The average molecular weight is 1230 g/mol. The van der Waals surface area contributed by atoms with Gasteiger partial charge in [0.05, 0.1) is 45.2 Å². The van der Waals surface area contributed by atoms with E-state index < -0.39 is 174 Å². The monoisotopic (exact) mass is 1230 g/mol. The first-order valence-electron chi connectivity index (χ1n) is 31.9. The average Bonchev–Trinajstić information content (AvgIpc) is 2.96. The molecule has 498 valence electrons. The normalized spacial score (nSPS) is 34.4. The van der Waals surface area contributed by atoms with Crippen LogP contribution >= 0.6 is 0 Å². The molecule has 4 saturated heterocycles. The molecule has 4 fully saturated rings. The highest BCUT2D eigenvalue weighted by Crippen LogP contribution is 2.35. The van der Waals surface area contributed by atoms with Gasteiger partial charge >= 0.3 is 0 Å². The number of aliphatic hydroxyl groups excluding tert-OH is 13. The van der Waals surface area contributed by atoms with Gasteiger partial charge in [0.15, 0.2) is 25.2 Å². The van der Waals surface area contributed by atoms with Gasteiger partial charge in [-0.15, -0.1) is 0 Å². The van der Waals surface area contributed by atoms with E-state index in [1.54, 1.807) is 6.08 Å². The molecular formula is C60H110N2O23. The van der Waals surface area contributed by atoms with E-state index in [4.69, 9.17) is 37.9 Å². The molecule has 0 aromatic rings. The highest BCUT2D eigenvalue weighted by molar-refractivity contribution is 5.76. The van der Waals surface area contributed by atoms with Gasteiger partial charge in [-0.05, 0) is 19.3 Å². The van der Waals surface area contributed by atoms with Crippen molar-refractivity contribution < 1.29 is 114 Å². The lowest BCUT2D eigenvalue weighted by Gasteiger charge is -2.50. The van der Waals surface area contributed by atoms with Crippen LogP contribution < -0.4 is 10.6 Å². The Labute approximate surface area is 502 Å². The molecule has 0 saturated carbocycles. The van der Waals surface area contributed by atoms with Crippen LogP contribution in [0, 0.1) is 0 Å². The van der Waals surface area contributed by atoms with Crippen molar-refractivity contribution in [1.29, 1.82) is 0 Å². The van der Waals surface area contributed by atoms with E-state index in [9.17, 15) is 76.0 Å². The zero-order chi connectivity index (χ0) is 62.3. The summed E-state index contributed by atoms with van der Waals surface area (Å²) in [6.45, 7) is 1.53. The first-order chi connectivity index (χ1) is 41.0. The van der Waals surface area contributed by atoms with Crippen molar-refractivity contribution in [2.24, 2.45) is 0 Å². The van der Waals surface area contributed by atoms with Crippen LogP contribution in [-0.2, 0) is 47.5 Å². The fraction of sp³-hybridized carbons (Fsp3) is 0.933. The third kappa shape index (κ3) is 24.9. The molecule has 25 heteroatoms. The largest absolute Gasteiger partial charge is 0.394 e. The summed E-state index contributed by atoms with van der Waals surface area (Å²) in [7, 11) is 0. The van der Waals surface area contributed by atoms with Gasteiger partial charge in [0.1, 0.15) is 97.6 Å². The third-order valence-electron chi connectivity index (χ3n) is 16.6. The first kappa shape index (κ1) is 75.3. The number of hydrogen-bond donors (Lipinski definition) is 15. The predicted octanol–water partition coefficient (Wildman–Crippen LogP) is 1.00. The molecule has 0 radical (unpaired) electrons. The van der Waals surface area contributed by atoms with E-state index in [0.29, 0.717) is 12.8 Å². The van der Waals surface area contributed by atoms with E-state index in [2.05, 4.69) is 24.5 Å². The van der Waals surface area contributed by atoms with Crippen molar-refractivity contribution in [3.63, 3.8) is 0 Å². The van der Waals surface area contributed by atoms with Gasteiger partial charge in [-0.1, -0.05) is 167 Å². The Hall–Kier alpha value is -2.16. The number of rotatable bonds is 43. The second-order valence-electron chi connectivity index (χ2n) is 23.6. The molecule has 0 aromatic heterocycles. The second kappa shape index (κ2) is 42.0.